The van der Waals surface area contributed by atoms with Crippen molar-refractivity contribution in [3.63, 3.8) is 0 Å². The fraction of sp³-hybridized carbons (Fsp3) is 0.708. The van der Waals surface area contributed by atoms with Crippen LogP contribution in [0.5, 0.6) is 0 Å². The molecule has 1 aliphatic rings. The number of carboxylic acids is 1. The van der Waals surface area contributed by atoms with Crippen molar-refractivity contribution in [3.8, 4) is 0 Å². The zero-order valence-corrected chi connectivity index (χ0v) is 19.7. The highest BCUT2D eigenvalue weighted by Crippen LogP contribution is 2.23. The first-order valence-electron chi connectivity index (χ1n) is 11.2. The van der Waals surface area contributed by atoms with E-state index >= 15 is 0 Å². The second kappa shape index (κ2) is 13.5. The van der Waals surface area contributed by atoms with Crippen molar-refractivity contribution in [2.24, 2.45) is 17.8 Å². The Labute approximate surface area is 190 Å². The first kappa shape index (κ1) is 28.0. The Kier molecular flexibility index (Phi) is 11.8. The van der Waals surface area contributed by atoms with E-state index in [4.69, 9.17) is 14.6 Å². The van der Waals surface area contributed by atoms with Gasteiger partial charge in [-0.05, 0) is 37.7 Å². The summed E-state index contributed by atoms with van der Waals surface area (Å²) in [7, 11) is 1.38. The lowest BCUT2D eigenvalue weighted by Gasteiger charge is -2.25. The van der Waals surface area contributed by atoms with E-state index in [2.05, 4.69) is 0 Å². The van der Waals surface area contributed by atoms with Crippen molar-refractivity contribution in [3.05, 3.63) is 23.8 Å². The van der Waals surface area contributed by atoms with E-state index in [1.807, 2.05) is 6.92 Å². The van der Waals surface area contributed by atoms with Gasteiger partial charge in [0.05, 0.1) is 12.5 Å². The maximum absolute atomic E-state index is 12.8. The predicted octanol–water partition coefficient (Wildman–Crippen LogP) is 2.66. The summed E-state index contributed by atoms with van der Waals surface area (Å²) in [6.45, 7) is 7.11. The lowest BCUT2D eigenvalue weighted by atomic mass is 9.87. The largest absolute Gasteiger partial charge is 0.481 e. The quantitative estimate of drug-likeness (QED) is 0.377. The Hall–Kier alpha value is -2.03. The summed E-state index contributed by atoms with van der Waals surface area (Å²) in [6.07, 6.45) is 3.37. The number of ketones is 1. The van der Waals surface area contributed by atoms with Gasteiger partial charge in [0.25, 0.3) is 0 Å². The van der Waals surface area contributed by atoms with Crippen LogP contribution in [0.3, 0.4) is 0 Å². The van der Waals surface area contributed by atoms with E-state index in [1.165, 1.54) is 13.2 Å². The molecular formula is C24H38O8. The maximum Gasteiger partial charge on any atom is 0.338 e. The summed E-state index contributed by atoms with van der Waals surface area (Å²) >= 11 is 0. The van der Waals surface area contributed by atoms with Crippen molar-refractivity contribution in [1.29, 1.82) is 0 Å². The fourth-order valence-electron chi connectivity index (χ4n) is 3.85. The minimum Gasteiger partial charge on any atom is -0.481 e. The summed E-state index contributed by atoms with van der Waals surface area (Å²) in [4.78, 5) is 36.2. The Morgan fingerprint density at radius 2 is 1.84 bits per heavy atom. The normalized spacial score (nSPS) is 29.6. The highest BCUT2D eigenvalue weighted by Gasteiger charge is 2.30. The molecule has 0 saturated heterocycles. The first-order chi connectivity index (χ1) is 15.0. The molecule has 1 aliphatic heterocycles. The monoisotopic (exact) mass is 454 g/mol. The third kappa shape index (κ3) is 8.84. The molecule has 0 amide bonds. The van der Waals surface area contributed by atoms with Crippen LogP contribution in [0, 0.1) is 17.8 Å². The second-order valence-electron chi connectivity index (χ2n) is 8.77. The van der Waals surface area contributed by atoms with Crippen LogP contribution in [-0.4, -0.2) is 64.6 Å². The average Bonchev–Trinajstić information content (AvgIpc) is 2.74. The summed E-state index contributed by atoms with van der Waals surface area (Å²) < 4.78 is 10.7. The maximum atomic E-state index is 12.8. The van der Waals surface area contributed by atoms with Crippen LogP contribution in [0.2, 0.25) is 0 Å². The molecular weight excluding hydrogens is 416 g/mol. The number of rotatable bonds is 8. The number of hydrogen-bond acceptors (Lipinski definition) is 7. The number of cyclic esters (lactones) is 1. The number of aliphatic hydroxyl groups is 2. The van der Waals surface area contributed by atoms with Gasteiger partial charge in [-0.3, -0.25) is 9.59 Å². The molecule has 0 bridgehead atoms. The lowest BCUT2D eigenvalue weighted by Crippen LogP contribution is -2.37. The molecule has 0 radical (unpaired) electrons. The lowest BCUT2D eigenvalue weighted by molar-refractivity contribution is -0.162. The van der Waals surface area contributed by atoms with E-state index < -0.39 is 48.2 Å². The van der Waals surface area contributed by atoms with Crippen LogP contribution in [0.1, 0.15) is 59.8 Å². The van der Waals surface area contributed by atoms with E-state index in [0.29, 0.717) is 12.0 Å². The smallest absolute Gasteiger partial charge is 0.338 e. The third-order valence-electron chi connectivity index (χ3n) is 5.99. The molecule has 3 N–H and O–H groups in total. The zero-order valence-electron chi connectivity index (χ0n) is 19.7. The van der Waals surface area contributed by atoms with Gasteiger partial charge in [0.15, 0.2) is 6.10 Å². The molecule has 0 aromatic heterocycles. The van der Waals surface area contributed by atoms with Crippen molar-refractivity contribution in [2.75, 3.05) is 7.11 Å². The van der Waals surface area contributed by atoms with Gasteiger partial charge in [0.2, 0.25) is 0 Å². The first-order valence-corrected chi connectivity index (χ1v) is 11.2. The van der Waals surface area contributed by atoms with Gasteiger partial charge in [-0.15, -0.1) is 0 Å². The number of hydrogen-bond donors (Lipinski definition) is 3. The van der Waals surface area contributed by atoms with Crippen LogP contribution < -0.4 is 0 Å². The van der Waals surface area contributed by atoms with Crippen LogP contribution in [0.15, 0.2) is 23.8 Å². The standard InChI is InChI=1S/C24H38O8/c1-14-8-6-7-9-19(32-24(30)23(29)18(25)11-10-14)15(2)12-16(3)22(28)17(4)20(31-5)13-21(26)27/h10-12,14,16-20,23,25,29H,6-9,13H2,1-5H3,(H,26,27)/b11-10+,15-12+/t14-,16-,17-,18-,19+,20-,23-/m1/s1. The van der Waals surface area contributed by atoms with Crippen LogP contribution in [0.4, 0.5) is 0 Å². The molecule has 0 fully saturated rings. The molecule has 1 rings (SSSR count). The highest BCUT2D eigenvalue weighted by molar-refractivity contribution is 5.85. The SMILES string of the molecule is CO[C@H](CC(=O)O)[C@@H](C)C(=O)[C@H](C)/C=C(\C)[C@@H]1CCCC[C@@H](C)/C=C/[C@@H](O)[C@@H](O)C(=O)O1. The van der Waals surface area contributed by atoms with Crippen LogP contribution in [-0.2, 0) is 23.9 Å². The molecule has 0 saturated carbocycles. The molecule has 0 aromatic rings. The number of carbonyl (C=O) groups is 3. The molecule has 8 heteroatoms. The molecule has 0 aromatic carbocycles. The van der Waals surface area contributed by atoms with Crippen LogP contribution in [0.25, 0.3) is 0 Å². The van der Waals surface area contributed by atoms with E-state index in [0.717, 1.165) is 19.3 Å². The number of carbonyl (C=O) groups excluding carboxylic acids is 2. The van der Waals surface area contributed by atoms with Crippen molar-refractivity contribution >= 4 is 17.7 Å². The number of aliphatic hydroxyl groups excluding tert-OH is 2. The number of esters is 1. The topological polar surface area (TPSA) is 130 Å². The number of Topliss-reactive ketones (excluding diaryl/α,β-unsaturated/α-hetero) is 1. The number of carboxylic acid groups (broad SMARTS) is 1. The Morgan fingerprint density at radius 1 is 1.22 bits per heavy atom. The number of allylic oxidation sites excluding steroid dienone is 2. The molecule has 32 heavy (non-hydrogen) atoms. The van der Waals surface area contributed by atoms with E-state index in [1.54, 1.807) is 32.9 Å². The Balaban J connectivity index is 2.98. The molecule has 7 atom stereocenters. The Bertz CT molecular complexity index is 698. The zero-order chi connectivity index (χ0) is 24.4. The van der Waals surface area contributed by atoms with Gasteiger partial charge >= 0.3 is 11.9 Å². The number of ether oxygens (including phenoxy) is 2. The highest BCUT2D eigenvalue weighted by atomic mass is 16.6. The molecule has 0 unspecified atom stereocenters. The fourth-order valence-corrected chi connectivity index (χ4v) is 3.85. The molecule has 8 nitrogen and oxygen atoms in total. The van der Waals surface area contributed by atoms with Crippen molar-refractivity contribution in [2.45, 2.75) is 84.2 Å². The van der Waals surface area contributed by atoms with Crippen molar-refractivity contribution in [1.82, 2.24) is 0 Å². The number of aliphatic carboxylic acids is 1. The third-order valence-corrected chi connectivity index (χ3v) is 5.99. The van der Waals surface area contributed by atoms with Gasteiger partial charge in [0.1, 0.15) is 18.0 Å². The summed E-state index contributed by atoms with van der Waals surface area (Å²) in [6, 6.07) is 0. The van der Waals surface area contributed by atoms with E-state index in [-0.39, 0.29) is 18.1 Å². The van der Waals surface area contributed by atoms with Crippen LogP contribution >= 0.6 is 0 Å². The van der Waals surface area contributed by atoms with Gasteiger partial charge in [-0.25, -0.2) is 4.79 Å². The molecule has 1 heterocycles. The summed E-state index contributed by atoms with van der Waals surface area (Å²) in [5, 5.41) is 29.2. The minimum absolute atomic E-state index is 0.175. The summed E-state index contributed by atoms with van der Waals surface area (Å²) in [5.41, 5.74) is 0.668. The van der Waals surface area contributed by atoms with Gasteiger partial charge in [-0.2, -0.15) is 0 Å². The average molecular weight is 455 g/mol. The number of methoxy groups -OCH3 is 1. The van der Waals surface area contributed by atoms with Gasteiger partial charge in [0, 0.05) is 18.9 Å². The predicted molar refractivity (Wildman–Crippen MR) is 119 cm³/mol. The molecule has 182 valence electrons. The molecule has 0 aliphatic carbocycles. The second-order valence-corrected chi connectivity index (χ2v) is 8.77. The summed E-state index contributed by atoms with van der Waals surface area (Å²) in [5.74, 6) is -3.09. The van der Waals surface area contributed by atoms with Gasteiger partial charge < -0.3 is 24.8 Å². The van der Waals surface area contributed by atoms with E-state index in [9.17, 15) is 24.6 Å². The van der Waals surface area contributed by atoms with Crippen molar-refractivity contribution < 1.29 is 39.2 Å². The molecule has 0 spiro atoms. The Morgan fingerprint density at radius 3 is 2.44 bits per heavy atom. The van der Waals surface area contributed by atoms with Gasteiger partial charge in [-0.1, -0.05) is 45.4 Å². The minimum atomic E-state index is -1.69.